The number of hydrogen-bond donors (Lipinski definition) is 1. The number of benzene rings is 2. The van der Waals surface area contributed by atoms with Crippen LogP contribution < -0.4 is 5.32 Å². The Morgan fingerprint density at radius 2 is 1.88 bits per heavy atom. The first kappa shape index (κ1) is 16.9. The van der Waals surface area contributed by atoms with E-state index >= 15 is 0 Å². The Morgan fingerprint density at radius 1 is 1.21 bits per heavy atom. The number of hydrogen-bond acceptors (Lipinski definition) is 3. The van der Waals surface area contributed by atoms with Crippen LogP contribution in [0.2, 0.25) is 0 Å². The lowest BCUT2D eigenvalue weighted by Gasteiger charge is -2.19. The molecule has 3 rings (SSSR count). The van der Waals surface area contributed by atoms with Crippen molar-refractivity contribution < 1.29 is 13.2 Å². The van der Waals surface area contributed by atoms with Crippen molar-refractivity contribution >= 4 is 26.7 Å². The minimum Gasteiger partial charge on any atom is -0.352 e. The molecule has 2 aromatic rings. The summed E-state index contributed by atoms with van der Waals surface area (Å²) in [4.78, 5) is 12.3. The van der Waals surface area contributed by atoms with Crippen LogP contribution in [0.15, 0.2) is 47.4 Å². The SMILES string of the molecule is C[C@H](NC(=O)CN(C)S(=O)(=O)c1ccc2ccccc2c1)C1CC1. The van der Waals surface area contributed by atoms with Crippen molar-refractivity contribution in [1.82, 2.24) is 9.62 Å². The molecule has 0 aliphatic heterocycles. The van der Waals surface area contributed by atoms with Crippen molar-refractivity contribution in [3.8, 4) is 0 Å². The van der Waals surface area contributed by atoms with Gasteiger partial charge in [-0.3, -0.25) is 4.79 Å². The average Bonchev–Trinajstić information content (AvgIpc) is 3.39. The third-order valence-electron chi connectivity index (χ3n) is 4.51. The number of sulfonamides is 1. The van der Waals surface area contributed by atoms with Crippen LogP contribution in [0.1, 0.15) is 19.8 Å². The number of nitrogens with one attached hydrogen (secondary N) is 1. The van der Waals surface area contributed by atoms with Gasteiger partial charge in [0.15, 0.2) is 0 Å². The number of carbonyl (C=O) groups is 1. The molecule has 2 aromatic carbocycles. The third-order valence-corrected chi connectivity index (χ3v) is 6.31. The Balaban J connectivity index is 1.73. The summed E-state index contributed by atoms with van der Waals surface area (Å²) in [6.45, 7) is 1.79. The smallest absolute Gasteiger partial charge is 0.243 e. The minimum atomic E-state index is -3.69. The highest BCUT2D eigenvalue weighted by Gasteiger charge is 2.30. The van der Waals surface area contributed by atoms with E-state index in [0.717, 1.165) is 27.9 Å². The lowest BCUT2D eigenvalue weighted by atomic mass is 10.1. The lowest BCUT2D eigenvalue weighted by molar-refractivity contribution is -0.121. The number of rotatable bonds is 6. The highest BCUT2D eigenvalue weighted by molar-refractivity contribution is 7.89. The predicted molar refractivity (Wildman–Crippen MR) is 94.1 cm³/mol. The Kier molecular flexibility index (Phi) is 4.60. The fourth-order valence-electron chi connectivity index (χ4n) is 2.81. The van der Waals surface area contributed by atoms with Gasteiger partial charge in [0.1, 0.15) is 0 Å². The van der Waals surface area contributed by atoms with E-state index < -0.39 is 10.0 Å². The van der Waals surface area contributed by atoms with Crippen molar-refractivity contribution in [2.75, 3.05) is 13.6 Å². The zero-order valence-corrected chi connectivity index (χ0v) is 14.7. The molecule has 0 bridgehead atoms. The Morgan fingerprint density at radius 3 is 2.54 bits per heavy atom. The molecule has 24 heavy (non-hydrogen) atoms. The average molecular weight is 346 g/mol. The quantitative estimate of drug-likeness (QED) is 0.873. The van der Waals surface area contributed by atoms with Crippen LogP contribution in [0, 0.1) is 5.92 Å². The van der Waals surface area contributed by atoms with Gasteiger partial charge in [0.25, 0.3) is 0 Å². The second kappa shape index (κ2) is 6.53. The molecular formula is C18H22N2O3S. The number of likely N-dealkylation sites (N-methyl/N-ethyl adjacent to an activating group) is 1. The molecule has 1 aliphatic carbocycles. The largest absolute Gasteiger partial charge is 0.352 e. The minimum absolute atomic E-state index is 0.106. The van der Waals surface area contributed by atoms with Crippen LogP contribution in [0.25, 0.3) is 10.8 Å². The molecule has 128 valence electrons. The van der Waals surface area contributed by atoms with E-state index in [9.17, 15) is 13.2 Å². The van der Waals surface area contributed by atoms with Crippen LogP contribution in [-0.2, 0) is 14.8 Å². The summed E-state index contributed by atoms with van der Waals surface area (Å²) in [7, 11) is -2.26. The molecule has 1 aliphatic rings. The first-order valence-corrected chi connectivity index (χ1v) is 9.56. The zero-order valence-electron chi connectivity index (χ0n) is 13.9. The molecule has 1 atom stereocenters. The molecule has 0 saturated heterocycles. The third kappa shape index (κ3) is 3.60. The number of nitrogens with zero attached hydrogens (tertiary/aromatic N) is 1. The van der Waals surface area contributed by atoms with Crippen LogP contribution in [0.4, 0.5) is 0 Å². The molecule has 1 amide bonds. The van der Waals surface area contributed by atoms with E-state index in [4.69, 9.17) is 0 Å². The predicted octanol–water partition coefficient (Wildman–Crippen LogP) is 2.38. The second-order valence-electron chi connectivity index (χ2n) is 6.46. The van der Waals surface area contributed by atoms with Crippen molar-refractivity contribution in [2.45, 2.75) is 30.7 Å². The lowest BCUT2D eigenvalue weighted by Crippen LogP contribution is -2.42. The number of amides is 1. The Bertz CT molecular complexity index is 859. The van der Waals surface area contributed by atoms with Gasteiger partial charge >= 0.3 is 0 Å². The monoisotopic (exact) mass is 346 g/mol. The molecule has 0 radical (unpaired) electrons. The van der Waals surface area contributed by atoms with E-state index in [2.05, 4.69) is 5.32 Å². The first-order chi connectivity index (χ1) is 11.4. The molecule has 5 nitrogen and oxygen atoms in total. The van der Waals surface area contributed by atoms with Gasteiger partial charge in [0.05, 0.1) is 11.4 Å². The maximum atomic E-state index is 12.7. The van der Waals surface area contributed by atoms with Crippen molar-refractivity contribution in [1.29, 1.82) is 0 Å². The van der Waals surface area contributed by atoms with E-state index in [1.54, 1.807) is 18.2 Å². The zero-order chi connectivity index (χ0) is 17.3. The van der Waals surface area contributed by atoms with Crippen molar-refractivity contribution in [3.05, 3.63) is 42.5 Å². The van der Waals surface area contributed by atoms with Gasteiger partial charge in [-0.25, -0.2) is 8.42 Å². The van der Waals surface area contributed by atoms with Crippen molar-refractivity contribution in [2.24, 2.45) is 5.92 Å². The molecule has 0 unspecified atom stereocenters. The van der Waals surface area contributed by atoms with Gasteiger partial charge in [-0.05, 0) is 48.6 Å². The summed E-state index contributed by atoms with van der Waals surface area (Å²) in [6, 6.07) is 12.7. The standard InChI is InChI=1S/C18H22N2O3S/c1-13(14-7-8-14)19-18(21)12-20(2)24(22,23)17-10-9-15-5-3-4-6-16(15)11-17/h3-6,9-11,13-14H,7-8,12H2,1-2H3,(H,19,21)/t13-/m0/s1. The summed E-state index contributed by atoms with van der Waals surface area (Å²) >= 11 is 0. The molecule has 6 heteroatoms. The maximum Gasteiger partial charge on any atom is 0.243 e. The van der Waals surface area contributed by atoms with E-state index in [1.807, 2.05) is 31.2 Å². The highest BCUT2D eigenvalue weighted by atomic mass is 32.2. The molecule has 0 heterocycles. The fraction of sp³-hybridized carbons (Fsp3) is 0.389. The normalized spacial score (nSPS) is 16.3. The van der Waals surface area contributed by atoms with Gasteiger partial charge in [0.2, 0.25) is 15.9 Å². The number of carbonyl (C=O) groups excluding carboxylic acids is 1. The Labute approximate surface area is 142 Å². The summed E-state index contributed by atoms with van der Waals surface area (Å²) < 4.78 is 26.5. The topological polar surface area (TPSA) is 66.5 Å². The van der Waals surface area contributed by atoms with Crippen LogP contribution in [0.3, 0.4) is 0 Å². The fourth-order valence-corrected chi connectivity index (χ4v) is 3.97. The molecule has 1 N–H and O–H groups in total. The van der Waals surface area contributed by atoms with Crippen LogP contribution in [0.5, 0.6) is 0 Å². The second-order valence-corrected chi connectivity index (χ2v) is 8.51. The van der Waals surface area contributed by atoms with Gasteiger partial charge in [-0.15, -0.1) is 0 Å². The highest BCUT2D eigenvalue weighted by Crippen LogP contribution is 2.32. The molecule has 1 saturated carbocycles. The molecule has 0 spiro atoms. The molecular weight excluding hydrogens is 324 g/mol. The summed E-state index contributed by atoms with van der Waals surface area (Å²) in [5, 5.41) is 4.72. The van der Waals surface area contributed by atoms with Gasteiger partial charge in [-0.2, -0.15) is 4.31 Å². The van der Waals surface area contributed by atoms with Gasteiger partial charge in [0, 0.05) is 13.1 Å². The molecule has 1 fully saturated rings. The number of fused-ring (bicyclic) bond motifs is 1. The van der Waals surface area contributed by atoms with E-state index in [0.29, 0.717) is 5.92 Å². The van der Waals surface area contributed by atoms with E-state index in [1.165, 1.54) is 7.05 Å². The Hall–Kier alpha value is -1.92. The maximum absolute atomic E-state index is 12.7. The first-order valence-electron chi connectivity index (χ1n) is 8.12. The summed E-state index contributed by atoms with van der Waals surface area (Å²) in [5.74, 6) is 0.276. The van der Waals surface area contributed by atoms with Crippen LogP contribution >= 0.6 is 0 Å². The van der Waals surface area contributed by atoms with Gasteiger partial charge < -0.3 is 5.32 Å². The van der Waals surface area contributed by atoms with Crippen molar-refractivity contribution in [3.63, 3.8) is 0 Å². The van der Waals surface area contributed by atoms with Crippen LogP contribution in [-0.4, -0.2) is 38.3 Å². The van der Waals surface area contributed by atoms with E-state index in [-0.39, 0.29) is 23.4 Å². The molecule has 0 aromatic heterocycles. The van der Waals surface area contributed by atoms with Gasteiger partial charge in [-0.1, -0.05) is 30.3 Å². The summed E-state index contributed by atoms with van der Waals surface area (Å²) in [6.07, 6.45) is 2.26. The summed E-state index contributed by atoms with van der Waals surface area (Å²) in [5.41, 5.74) is 0.